The molecule has 212 valence electrons. The van der Waals surface area contributed by atoms with Crippen LogP contribution >= 0.6 is 0 Å². The number of carbonyl (C=O) groups is 5. The van der Waals surface area contributed by atoms with Crippen LogP contribution < -0.4 is 0 Å². The summed E-state index contributed by atoms with van der Waals surface area (Å²) < 4.78 is 221. The van der Waals surface area contributed by atoms with Crippen molar-refractivity contribution >= 4 is 29.1 Å². The van der Waals surface area contributed by atoms with Gasteiger partial charge in [0.25, 0.3) is 23.1 Å². The second-order valence-electron chi connectivity index (χ2n) is 6.19. The number of carboxylic acid groups (broad SMARTS) is 1. The number of hydrogen-bond acceptors (Lipinski definition) is 5. The Kier molecular flexibility index (Phi) is 8.40. The summed E-state index contributed by atoms with van der Waals surface area (Å²) in [4.78, 5) is 53.3. The van der Waals surface area contributed by atoms with Crippen LogP contribution in [-0.4, -0.2) is 75.9 Å². The van der Waals surface area contributed by atoms with Crippen molar-refractivity contribution in [2.75, 3.05) is 0 Å². The molecule has 0 unspecified atom stereocenters. The molecule has 37 heavy (non-hydrogen) atoms. The van der Waals surface area contributed by atoms with E-state index in [1.54, 1.807) is 0 Å². The molecular formula is C14HF17O6. The largest absolute Gasteiger partial charge is 0.476 e. The lowest BCUT2D eigenvalue weighted by atomic mass is 9.91. The third kappa shape index (κ3) is 5.10. The van der Waals surface area contributed by atoms with Crippen LogP contribution in [0.3, 0.4) is 0 Å². The van der Waals surface area contributed by atoms with Crippen LogP contribution in [0.5, 0.6) is 0 Å². The summed E-state index contributed by atoms with van der Waals surface area (Å²) in [5.74, 6) is -77.3. The first kappa shape index (κ1) is 33.7. The van der Waals surface area contributed by atoms with Gasteiger partial charge in [0.15, 0.2) is 0 Å². The first-order valence-corrected chi connectivity index (χ1v) is 7.71. The van der Waals surface area contributed by atoms with Crippen LogP contribution in [0.15, 0.2) is 11.7 Å². The number of alkyl halides is 15. The number of rotatable bonds is 11. The molecule has 0 aliphatic heterocycles. The second kappa shape index (κ2) is 9.22. The Balaban J connectivity index is 6.69. The van der Waals surface area contributed by atoms with Crippen LogP contribution in [0.2, 0.25) is 0 Å². The molecule has 0 aromatic carbocycles. The second-order valence-corrected chi connectivity index (χ2v) is 6.19. The van der Waals surface area contributed by atoms with Crippen molar-refractivity contribution in [3.05, 3.63) is 11.7 Å². The van der Waals surface area contributed by atoms with Gasteiger partial charge >= 0.3 is 47.7 Å². The normalized spacial score (nSPS) is 15.2. The summed E-state index contributed by atoms with van der Waals surface area (Å²) >= 11 is 0. The molecular weight excluding hydrogens is 587 g/mol. The lowest BCUT2D eigenvalue weighted by Gasteiger charge is -2.31. The number of carbonyl (C=O) groups excluding carboxylic acids is 4. The zero-order valence-electron chi connectivity index (χ0n) is 15.9. The van der Waals surface area contributed by atoms with Crippen LogP contribution in [0.1, 0.15) is 0 Å². The Morgan fingerprint density at radius 3 is 1.00 bits per heavy atom. The molecule has 0 spiro atoms. The maximum atomic E-state index is 13.6. The van der Waals surface area contributed by atoms with E-state index in [1.807, 2.05) is 0 Å². The van der Waals surface area contributed by atoms with E-state index in [1.165, 1.54) is 0 Å². The summed E-state index contributed by atoms with van der Waals surface area (Å²) in [5.41, 5.74) is 0. The van der Waals surface area contributed by atoms with E-state index in [0.29, 0.717) is 0 Å². The standard InChI is InChI=1S/C14HF17O6/c15-1(3(32)8(17,18)7(36)37)2(16)4(33)9(19,20)10(21,22)5(34)11(23,24)12(25,26)6(35)13(27,28)14(29,30)31/h(H,36,37). The summed E-state index contributed by atoms with van der Waals surface area (Å²) in [6.45, 7) is 0. The highest BCUT2D eigenvalue weighted by molar-refractivity contribution is 6.16. The molecule has 0 amide bonds. The van der Waals surface area contributed by atoms with Gasteiger partial charge in [-0.2, -0.15) is 74.6 Å². The van der Waals surface area contributed by atoms with E-state index in [0.717, 1.165) is 0 Å². The summed E-state index contributed by atoms with van der Waals surface area (Å²) in [6.07, 6.45) is -7.47. The summed E-state index contributed by atoms with van der Waals surface area (Å²) in [6, 6.07) is 0. The molecule has 0 radical (unpaired) electrons. The molecule has 0 saturated heterocycles. The predicted octanol–water partition coefficient (Wildman–Crippen LogP) is 3.87. The molecule has 0 rings (SSSR count). The third-order valence-electron chi connectivity index (χ3n) is 3.72. The van der Waals surface area contributed by atoms with E-state index in [2.05, 4.69) is 0 Å². The van der Waals surface area contributed by atoms with E-state index in [9.17, 15) is 98.6 Å². The zero-order valence-corrected chi connectivity index (χ0v) is 15.9. The quantitative estimate of drug-likeness (QED) is 0.223. The van der Waals surface area contributed by atoms with E-state index in [-0.39, 0.29) is 0 Å². The molecule has 0 fully saturated rings. The molecule has 0 heterocycles. The van der Waals surface area contributed by atoms with Gasteiger partial charge in [-0.15, -0.1) is 0 Å². The van der Waals surface area contributed by atoms with Crippen molar-refractivity contribution in [1.82, 2.24) is 0 Å². The molecule has 23 heteroatoms. The fourth-order valence-electron chi connectivity index (χ4n) is 1.67. The highest BCUT2D eigenvalue weighted by Crippen LogP contribution is 2.50. The third-order valence-corrected chi connectivity index (χ3v) is 3.72. The lowest BCUT2D eigenvalue weighted by molar-refractivity contribution is -0.290. The van der Waals surface area contributed by atoms with Gasteiger partial charge in [0.2, 0.25) is 11.7 Å². The molecule has 0 saturated carbocycles. The first-order chi connectivity index (χ1) is 15.9. The molecule has 0 aliphatic rings. The highest BCUT2D eigenvalue weighted by atomic mass is 19.4. The van der Waals surface area contributed by atoms with Gasteiger partial charge in [0.05, 0.1) is 0 Å². The number of hydrogen-bond donors (Lipinski definition) is 1. The van der Waals surface area contributed by atoms with Crippen LogP contribution in [-0.2, 0) is 24.0 Å². The highest BCUT2D eigenvalue weighted by Gasteiger charge is 2.82. The summed E-state index contributed by atoms with van der Waals surface area (Å²) in [5, 5.41) is 7.87. The topological polar surface area (TPSA) is 106 Å². The van der Waals surface area contributed by atoms with Crippen molar-refractivity contribution in [2.24, 2.45) is 0 Å². The minimum atomic E-state index is -8.00. The van der Waals surface area contributed by atoms with Crippen molar-refractivity contribution in [2.45, 2.75) is 41.7 Å². The van der Waals surface area contributed by atoms with Crippen LogP contribution in [0, 0.1) is 0 Å². The number of allylic oxidation sites excluding steroid dienone is 2. The summed E-state index contributed by atoms with van der Waals surface area (Å²) in [7, 11) is 0. The Labute approximate surface area is 187 Å². The van der Waals surface area contributed by atoms with E-state index in [4.69, 9.17) is 5.11 Å². The Morgan fingerprint density at radius 1 is 0.432 bits per heavy atom. The Bertz CT molecular complexity index is 1050. The lowest BCUT2D eigenvalue weighted by Crippen LogP contribution is -2.66. The van der Waals surface area contributed by atoms with Crippen molar-refractivity contribution in [1.29, 1.82) is 0 Å². The molecule has 1 N–H and O–H groups in total. The van der Waals surface area contributed by atoms with E-state index < -0.39 is 82.5 Å². The number of carboxylic acids is 1. The number of aliphatic carboxylic acids is 1. The molecule has 6 nitrogen and oxygen atoms in total. The van der Waals surface area contributed by atoms with Gasteiger partial charge < -0.3 is 5.11 Å². The Hall–Kier alpha value is -3.30. The van der Waals surface area contributed by atoms with Gasteiger partial charge in [0, 0.05) is 0 Å². The smallest absolute Gasteiger partial charge is 0.461 e. The molecule has 0 aliphatic carbocycles. The minimum absolute atomic E-state index is 3.68. The fourth-order valence-corrected chi connectivity index (χ4v) is 1.67. The van der Waals surface area contributed by atoms with Crippen LogP contribution in [0.25, 0.3) is 0 Å². The average Bonchev–Trinajstić information content (AvgIpc) is 2.74. The number of ketones is 4. The van der Waals surface area contributed by atoms with Gasteiger partial charge in [-0.05, 0) is 0 Å². The van der Waals surface area contributed by atoms with Crippen molar-refractivity contribution < 1.29 is 104 Å². The van der Waals surface area contributed by atoms with Gasteiger partial charge in [0.1, 0.15) is 0 Å². The molecule has 0 aromatic heterocycles. The zero-order chi connectivity index (χ0) is 30.5. The SMILES string of the molecule is O=C(O)C(F)(F)C(=O)C(F)=C(F)C(=O)C(F)(F)C(F)(F)C(=O)C(F)(F)C(F)(F)C(=O)C(F)(F)C(F)(F)F. The van der Waals surface area contributed by atoms with Gasteiger partial charge in [-0.1, -0.05) is 0 Å². The van der Waals surface area contributed by atoms with Gasteiger partial charge in [-0.25, -0.2) is 4.79 Å². The van der Waals surface area contributed by atoms with E-state index >= 15 is 0 Å². The number of halogens is 17. The predicted molar refractivity (Wildman–Crippen MR) is 72.6 cm³/mol. The molecule has 0 atom stereocenters. The minimum Gasteiger partial charge on any atom is -0.476 e. The molecule has 0 aromatic rings. The first-order valence-electron chi connectivity index (χ1n) is 7.71. The average molecular weight is 588 g/mol. The fraction of sp³-hybridized carbons (Fsp3) is 0.500. The Morgan fingerprint density at radius 2 is 0.703 bits per heavy atom. The monoisotopic (exact) mass is 588 g/mol. The maximum Gasteiger partial charge on any atom is 0.461 e. The van der Waals surface area contributed by atoms with Gasteiger partial charge in [-0.3, -0.25) is 19.2 Å². The molecule has 0 bridgehead atoms. The van der Waals surface area contributed by atoms with Crippen molar-refractivity contribution in [3.63, 3.8) is 0 Å². The van der Waals surface area contributed by atoms with Crippen molar-refractivity contribution in [3.8, 4) is 0 Å². The number of Topliss-reactive ketones (excluding diaryl/α,β-unsaturated/α-hetero) is 4. The van der Waals surface area contributed by atoms with Crippen LogP contribution in [0.4, 0.5) is 74.6 Å². The maximum absolute atomic E-state index is 13.6.